The molecule has 4 heteroatoms. The molecular formula is C18H25ClN2O. The highest BCUT2D eigenvalue weighted by Gasteiger charge is 2.31. The van der Waals surface area contributed by atoms with Crippen molar-refractivity contribution in [3.63, 3.8) is 0 Å². The number of rotatable bonds is 3. The number of halogens is 1. The lowest BCUT2D eigenvalue weighted by Crippen LogP contribution is -2.54. The molecule has 0 radical (unpaired) electrons. The lowest BCUT2D eigenvalue weighted by Gasteiger charge is -2.42. The lowest BCUT2D eigenvalue weighted by atomic mass is 9.88. The fraction of sp³-hybridized carbons (Fsp3) is 0.611. The molecule has 0 aromatic heterocycles. The summed E-state index contributed by atoms with van der Waals surface area (Å²) in [5, 5.41) is 3.95. The van der Waals surface area contributed by atoms with E-state index in [1.54, 1.807) is 24.3 Å². The van der Waals surface area contributed by atoms with E-state index in [1.165, 1.54) is 51.6 Å². The molecule has 1 amide bonds. The largest absolute Gasteiger partial charge is 0.348 e. The van der Waals surface area contributed by atoms with E-state index in [1.807, 2.05) is 0 Å². The van der Waals surface area contributed by atoms with E-state index in [0.717, 1.165) is 6.42 Å². The second-order valence-corrected chi connectivity index (χ2v) is 6.97. The van der Waals surface area contributed by atoms with Gasteiger partial charge in [-0.05, 0) is 63.0 Å². The summed E-state index contributed by atoms with van der Waals surface area (Å²) in [7, 11) is 0. The molecule has 3 rings (SSSR count). The molecule has 1 N–H and O–H groups in total. The smallest absolute Gasteiger partial charge is 0.251 e. The average Bonchev–Trinajstić information content (AvgIpc) is 2.57. The molecule has 0 bridgehead atoms. The van der Waals surface area contributed by atoms with E-state index in [9.17, 15) is 4.79 Å². The van der Waals surface area contributed by atoms with Crippen molar-refractivity contribution in [3.05, 3.63) is 34.9 Å². The zero-order chi connectivity index (χ0) is 15.4. The Morgan fingerprint density at radius 3 is 2.41 bits per heavy atom. The number of nitrogens with zero attached hydrogens (tertiary/aromatic N) is 1. The number of carbonyl (C=O) groups excluding carboxylic acids is 1. The third-order valence-corrected chi connectivity index (χ3v) is 5.26. The molecule has 22 heavy (non-hydrogen) atoms. The predicted octanol–water partition coefficient (Wildman–Crippen LogP) is 3.87. The van der Waals surface area contributed by atoms with Gasteiger partial charge in [-0.25, -0.2) is 0 Å². The maximum Gasteiger partial charge on any atom is 0.251 e. The molecular weight excluding hydrogens is 296 g/mol. The summed E-state index contributed by atoms with van der Waals surface area (Å²) >= 11 is 5.89. The van der Waals surface area contributed by atoms with Crippen molar-refractivity contribution in [1.29, 1.82) is 0 Å². The number of nitrogens with one attached hydrogen (secondary N) is 1. The van der Waals surface area contributed by atoms with Gasteiger partial charge in [0.2, 0.25) is 0 Å². The third-order valence-electron chi connectivity index (χ3n) is 5.01. The van der Waals surface area contributed by atoms with Crippen LogP contribution in [0.1, 0.15) is 55.3 Å². The van der Waals surface area contributed by atoms with Crippen LogP contribution in [0, 0.1) is 0 Å². The van der Waals surface area contributed by atoms with Crippen LogP contribution in [0.15, 0.2) is 24.3 Å². The zero-order valence-corrected chi connectivity index (χ0v) is 13.8. The van der Waals surface area contributed by atoms with Crippen LogP contribution in [0.25, 0.3) is 0 Å². The molecule has 3 nitrogen and oxygen atoms in total. The van der Waals surface area contributed by atoms with Crippen molar-refractivity contribution in [3.8, 4) is 0 Å². The van der Waals surface area contributed by atoms with Crippen molar-refractivity contribution < 1.29 is 4.79 Å². The van der Waals surface area contributed by atoms with Crippen molar-refractivity contribution >= 4 is 17.5 Å². The van der Waals surface area contributed by atoms with E-state index in [-0.39, 0.29) is 11.9 Å². The Kier molecular flexibility index (Phi) is 5.37. The Morgan fingerprint density at radius 2 is 1.68 bits per heavy atom. The first-order chi connectivity index (χ1) is 10.7. The van der Waals surface area contributed by atoms with Crippen LogP contribution in [0.2, 0.25) is 5.02 Å². The van der Waals surface area contributed by atoms with Gasteiger partial charge in [0.05, 0.1) is 0 Å². The molecule has 0 spiro atoms. The minimum Gasteiger partial charge on any atom is -0.348 e. The highest BCUT2D eigenvalue weighted by atomic mass is 35.5. The van der Waals surface area contributed by atoms with E-state index in [2.05, 4.69) is 10.2 Å². The maximum absolute atomic E-state index is 12.5. The lowest BCUT2D eigenvalue weighted by molar-refractivity contribution is 0.0782. The van der Waals surface area contributed by atoms with Crippen LogP contribution >= 0.6 is 11.6 Å². The fourth-order valence-corrected chi connectivity index (χ4v) is 3.95. The van der Waals surface area contributed by atoms with Gasteiger partial charge in [-0.15, -0.1) is 0 Å². The molecule has 1 heterocycles. The molecule has 1 saturated carbocycles. The van der Waals surface area contributed by atoms with Gasteiger partial charge in [0.1, 0.15) is 0 Å². The quantitative estimate of drug-likeness (QED) is 0.917. The number of hydrogen-bond acceptors (Lipinski definition) is 2. The van der Waals surface area contributed by atoms with Crippen LogP contribution in [-0.2, 0) is 0 Å². The van der Waals surface area contributed by atoms with Gasteiger partial charge < -0.3 is 5.32 Å². The summed E-state index contributed by atoms with van der Waals surface area (Å²) in [4.78, 5) is 15.1. The molecule has 2 aliphatic rings. The van der Waals surface area contributed by atoms with E-state index in [0.29, 0.717) is 16.6 Å². The normalized spacial score (nSPS) is 26.6. The topological polar surface area (TPSA) is 32.3 Å². The number of piperidine rings is 1. The summed E-state index contributed by atoms with van der Waals surface area (Å²) in [6.45, 7) is 2.38. The monoisotopic (exact) mass is 320 g/mol. The minimum absolute atomic E-state index is 0.0329. The van der Waals surface area contributed by atoms with Crippen molar-refractivity contribution in [2.45, 2.75) is 57.0 Å². The first-order valence-electron chi connectivity index (χ1n) is 8.54. The second-order valence-electron chi connectivity index (χ2n) is 6.54. The fourth-order valence-electron chi connectivity index (χ4n) is 3.82. The van der Waals surface area contributed by atoms with Gasteiger partial charge in [-0.2, -0.15) is 0 Å². The Balaban J connectivity index is 1.65. The molecule has 1 aromatic rings. The van der Waals surface area contributed by atoms with Crippen LogP contribution in [0.3, 0.4) is 0 Å². The third kappa shape index (κ3) is 3.82. The molecule has 2 atom stereocenters. The second kappa shape index (κ2) is 7.47. The summed E-state index contributed by atoms with van der Waals surface area (Å²) in [5.41, 5.74) is 0.701. The number of amides is 1. The standard InChI is InChI=1S/C18H25ClN2O/c19-15-10-8-14(9-11-15)18(22)20-16-6-2-3-7-17(16)21-12-4-1-5-13-21/h8-11,16-17H,1-7,12-13H2,(H,20,22)/t16-,17-/m1/s1. The highest BCUT2D eigenvalue weighted by molar-refractivity contribution is 6.30. The summed E-state index contributed by atoms with van der Waals surface area (Å²) in [6, 6.07) is 7.96. The average molecular weight is 321 g/mol. The number of carbonyl (C=O) groups is 1. The summed E-state index contributed by atoms with van der Waals surface area (Å²) < 4.78 is 0. The molecule has 120 valence electrons. The molecule has 1 aromatic carbocycles. The van der Waals surface area contributed by atoms with Gasteiger partial charge in [0.25, 0.3) is 5.91 Å². The minimum atomic E-state index is 0.0329. The Labute approximate surface area is 138 Å². The van der Waals surface area contributed by atoms with Gasteiger partial charge in [0, 0.05) is 22.7 Å². The molecule has 1 saturated heterocycles. The van der Waals surface area contributed by atoms with Crippen LogP contribution in [0.5, 0.6) is 0 Å². The Hall–Kier alpha value is -1.06. The number of likely N-dealkylation sites (tertiary alicyclic amines) is 1. The first kappa shape index (κ1) is 15.8. The summed E-state index contributed by atoms with van der Waals surface area (Å²) in [6.07, 6.45) is 8.77. The van der Waals surface area contributed by atoms with Gasteiger partial charge in [-0.3, -0.25) is 9.69 Å². The van der Waals surface area contributed by atoms with E-state index < -0.39 is 0 Å². The SMILES string of the molecule is O=C(N[C@@H]1CCCC[C@H]1N1CCCCC1)c1ccc(Cl)cc1. The van der Waals surface area contributed by atoms with Gasteiger partial charge >= 0.3 is 0 Å². The van der Waals surface area contributed by atoms with Crippen LogP contribution in [-0.4, -0.2) is 36.0 Å². The van der Waals surface area contributed by atoms with Crippen molar-refractivity contribution in [2.24, 2.45) is 0 Å². The number of benzene rings is 1. The van der Waals surface area contributed by atoms with E-state index in [4.69, 9.17) is 11.6 Å². The Morgan fingerprint density at radius 1 is 1.00 bits per heavy atom. The van der Waals surface area contributed by atoms with Crippen molar-refractivity contribution in [2.75, 3.05) is 13.1 Å². The zero-order valence-electron chi connectivity index (χ0n) is 13.1. The molecule has 2 fully saturated rings. The van der Waals surface area contributed by atoms with Crippen LogP contribution < -0.4 is 5.32 Å². The maximum atomic E-state index is 12.5. The summed E-state index contributed by atoms with van der Waals surface area (Å²) in [5.74, 6) is 0.0329. The first-order valence-corrected chi connectivity index (χ1v) is 8.92. The number of hydrogen-bond donors (Lipinski definition) is 1. The molecule has 1 aliphatic heterocycles. The van der Waals surface area contributed by atoms with Crippen LogP contribution in [0.4, 0.5) is 0 Å². The van der Waals surface area contributed by atoms with E-state index >= 15 is 0 Å². The van der Waals surface area contributed by atoms with Gasteiger partial charge in [0.15, 0.2) is 0 Å². The Bertz CT molecular complexity index is 496. The molecule has 0 unspecified atom stereocenters. The molecule has 1 aliphatic carbocycles. The highest BCUT2D eigenvalue weighted by Crippen LogP contribution is 2.26. The van der Waals surface area contributed by atoms with Crippen molar-refractivity contribution in [1.82, 2.24) is 10.2 Å². The van der Waals surface area contributed by atoms with Gasteiger partial charge in [-0.1, -0.05) is 30.9 Å². The predicted molar refractivity (Wildman–Crippen MR) is 90.4 cm³/mol.